The van der Waals surface area contributed by atoms with Crippen LogP contribution in [0.25, 0.3) is 0 Å². The van der Waals surface area contributed by atoms with Crippen LogP contribution < -0.4 is 0 Å². The Kier molecular flexibility index (Phi) is 11.3. The van der Waals surface area contributed by atoms with Crippen LogP contribution in [0.3, 0.4) is 0 Å². The molecule has 0 aliphatic heterocycles. The molecule has 1 N–H and O–H groups in total. The van der Waals surface area contributed by atoms with Crippen LogP contribution in [0.1, 0.15) is 122 Å². The average Bonchev–Trinajstić information content (AvgIpc) is 3.21. The molecule has 1 nitrogen and oxygen atoms in total. The van der Waals surface area contributed by atoms with Gasteiger partial charge < -0.3 is 5.11 Å². The van der Waals surface area contributed by atoms with Crippen molar-refractivity contribution < 1.29 is 5.11 Å². The molecule has 0 saturated heterocycles. The van der Waals surface area contributed by atoms with Crippen LogP contribution in [-0.4, -0.2) is 10.7 Å². The lowest BCUT2D eigenvalue weighted by atomic mass is 10.0. The predicted octanol–water partition coefficient (Wildman–Crippen LogP) is 6.77. The fraction of sp³-hybridized carbons (Fsp3) is 1.00. The fourth-order valence-corrected chi connectivity index (χ4v) is 3.22. The number of unbranched alkanes of at least 4 members (excludes halogenated alkanes) is 14. The molecule has 0 spiro atoms. The van der Waals surface area contributed by atoms with E-state index < -0.39 is 0 Å². The monoisotopic (exact) mass is 296 g/mol. The van der Waals surface area contributed by atoms with E-state index in [0.29, 0.717) is 0 Å². The molecule has 1 heteroatoms. The van der Waals surface area contributed by atoms with Crippen molar-refractivity contribution in [3.63, 3.8) is 0 Å². The quantitative estimate of drug-likeness (QED) is 0.311. The summed E-state index contributed by atoms with van der Waals surface area (Å²) in [7, 11) is 0. The van der Waals surface area contributed by atoms with E-state index in [9.17, 15) is 5.11 Å². The molecular formula is C20H40O. The van der Waals surface area contributed by atoms with E-state index in [1.807, 2.05) is 0 Å². The summed E-state index contributed by atoms with van der Waals surface area (Å²) in [5.41, 5.74) is -0.212. The van der Waals surface area contributed by atoms with E-state index in [2.05, 4.69) is 6.92 Å². The van der Waals surface area contributed by atoms with Crippen molar-refractivity contribution >= 4 is 0 Å². The highest BCUT2D eigenvalue weighted by atomic mass is 16.3. The van der Waals surface area contributed by atoms with E-state index in [0.717, 1.165) is 19.3 Å². The van der Waals surface area contributed by atoms with Crippen LogP contribution in [0.4, 0.5) is 0 Å². The smallest absolute Gasteiger partial charge is 0.0650 e. The molecule has 0 unspecified atom stereocenters. The zero-order valence-corrected chi connectivity index (χ0v) is 14.7. The Labute approximate surface area is 133 Å². The number of hydrogen-bond donors (Lipinski definition) is 1. The number of aliphatic hydroxyl groups is 1. The molecule has 126 valence electrons. The highest BCUT2D eigenvalue weighted by Crippen LogP contribution is 2.39. The molecule has 0 heterocycles. The van der Waals surface area contributed by atoms with Gasteiger partial charge in [-0.3, -0.25) is 0 Å². The predicted molar refractivity (Wildman–Crippen MR) is 93.7 cm³/mol. The third kappa shape index (κ3) is 12.2. The Morgan fingerprint density at radius 3 is 1.24 bits per heavy atom. The number of hydrogen-bond acceptors (Lipinski definition) is 1. The van der Waals surface area contributed by atoms with Gasteiger partial charge in [0.1, 0.15) is 0 Å². The first-order chi connectivity index (χ1) is 10.3. The SMILES string of the molecule is CCCCCCCCCCCCCCCCCC1(O)CC1. The summed E-state index contributed by atoms with van der Waals surface area (Å²) in [6.07, 6.45) is 24.4. The van der Waals surface area contributed by atoms with Gasteiger partial charge in [-0.1, -0.05) is 103 Å². The van der Waals surface area contributed by atoms with Crippen molar-refractivity contribution in [1.82, 2.24) is 0 Å². The van der Waals surface area contributed by atoms with Gasteiger partial charge in [0, 0.05) is 0 Å². The van der Waals surface area contributed by atoms with Crippen LogP contribution in [0.5, 0.6) is 0 Å². The van der Waals surface area contributed by atoms with Gasteiger partial charge in [-0.05, 0) is 19.3 Å². The van der Waals surface area contributed by atoms with Gasteiger partial charge in [0.05, 0.1) is 5.60 Å². The largest absolute Gasteiger partial charge is 0.390 e. The Morgan fingerprint density at radius 1 is 0.571 bits per heavy atom. The van der Waals surface area contributed by atoms with Crippen LogP contribution in [-0.2, 0) is 0 Å². The Hall–Kier alpha value is -0.0400. The van der Waals surface area contributed by atoms with Gasteiger partial charge >= 0.3 is 0 Å². The van der Waals surface area contributed by atoms with Gasteiger partial charge in [0.25, 0.3) is 0 Å². The first kappa shape index (κ1) is 19.0. The summed E-state index contributed by atoms with van der Waals surface area (Å²) >= 11 is 0. The Balaban J connectivity index is 1.63. The molecule has 21 heavy (non-hydrogen) atoms. The second-order valence-electron chi connectivity index (χ2n) is 7.42. The standard InChI is InChI=1S/C20H40O/c1-2-3-4-5-6-7-8-9-10-11-12-13-14-15-16-17-20(21)18-19-20/h21H,2-19H2,1H3. The topological polar surface area (TPSA) is 20.2 Å². The molecule has 0 bridgehead atoms. The average molecular weight is 297 g/mol. The van der Waals surface area contributed by atoms with Crippen molar-refractivity contribution in [1.29, 1.82) is 0 Å². The van der Waals surface area contributed by atoms with Crippen LogP contribution in [0.2, 0.25) is 0 Å². The van der Waals surface area contributed by atoms with Crippen molar-refractivity contribution in [2.24, 2.45) is 0 Å². The minimum Gasteiger partial charge on any atom is -0.390 e. The molecule has 1 aliphatic carbocycles. The van der Waals surface area contributed by atoms with Crippen LogP contribution in [0.15, 0.2) is 0 Å². The fourth-order valence-electron chi connectivity index (χ4n) is 3.22. The van der Waals surface area contributed by atoms with Crippen molar-refractivity contribution in [2.75, 3.05) is 0 Å². The zero-order chi connectivity index (χ0) is 15.2. The summed E-state index contributed by atoms with van der Waals surface area (Å²) < 4.78 is 0. The summed E-state index contributed by atoms with van der Waals surface area (Å²) in [4.78, 5) is 0. The van der Waals surface area contributed by atoms with Gasteiger partial charge in [-0.2, -0.15) is 0 Å². The lowest BCUT2D eigenvalue weighted by Crippen LogP contribution is -2.05. The second-order valence-corrected chi connectivity index (χ2v) is 7.42. The van der Waals surface area contributed by atoms with Crippen molar-refractivity contribution in [3.05, 3.63) is 0 Å². The molecule has 0 aromatic carbocycles. The molecule has 0 aromatic rings. The highest BCUT2D eigenvalue weighted by molar-refractivity contribution is 4.92. The third-order valence-electron chi connectivity index (χ3n) is 5.07. The van der Waals surface area contributed by atoms with Gasteiger partial charge in [-0.15, -0.1) is 0 Å². The van der Waals surface area contributed by atoms with Gasteiger partial charge in [0.2, 0.25) is 0 Å². The molecular weight excluding hydrogens is 256 g/mol. The summed E-state index contributed by atoms with van der Waals surface area (Å²) in [5.74, 6) is 0. The van der Waals surface area contributed by atoms with Crippen LogP contribution in [0, 0.1) is 0 Å². The first-order valence-corrected chi connectivity index (χ1v) is 9.99. The zero-order valence-electron chi connectivity index (χ0n) is 14.7. The van der Waals surface area contributed by atoms with E-state index in [4.69, 9.17) is 0 Å². The lowest BCUT2D eigenvalue weighted by molar-refractivity contribution is 0.136. The molecule has 0 amide bonds. The lowest BCUT2D eigenvalue weighted by Gasteiger charge is -2.06. The van der Waals surface area contributed by atoms with E-state index in [1.165, 1.54) is 96.3 Å². The maximum Gasteiger partial charge on any atom is 0.0650 e. The molecule has 0 aromatic heterocycles. The van der Waals surface area contributed by atoms with Gasteiger partial charge in [-0.25, -0.2) is 0 Å². The maximum absolute atomic E-state index is 9.73. The van der Waals surface area contributed by atoms with Crippen LogP contribution >= 0.6 is 0 Å². The highest BCUT2D eigenvalue weighted by Gasteiger charge is 2.38. The minimum absolute atomic E-state index is 0.212. The summed E-state index contributed by atoms with van der Waals surface area (Å²) in [6, 6.07) is 0. The number of rotatable bonds is 16. The second kappa shape index (κ2) is 12.5. The molecule has 1 saturated carbocycles. The first-order valence-electron chi connectivity index (χ1n) is 9.99. The van der Waals surface area contributed by atoms with E-state index >= 15 is 0 Å². The third-order valence-corrected chi connectivity index (χ3v) is 5.07. The molecule has 0 atom stereocenters. The molecule has 1 rings (SSSR count). The molecule has 1 aliphatic rings. The Bertz CT molecular complexity index is 220. The van der Waals surface area contributed by atoms with Gasteiger partial charge in [0.15, 0.2) is 0 Å². The summed E-state index contributed by atoms with van der Waals surface area (Å²) in [6.45, 7) is 2.29. The molecule has 1 fully saturated rings. The maximum atomic E-state index is 9.73. The minimum atomic E-state index is -0.212. The molecule has 0 radical (unpaired) electrons. The van der Waals surface area contributed by atoms with E-state index in [-0.39, 0.29) is 5.60 Å². The van der Waals surface area contributed by atoms with Crippen molar-refractivity contribution in [2.45, 2.75) is 128 Å². The summed E-state index contributed by atoms with van der Waals surface area (Å²) in [5, 5.41) is 9.73. The van der Waals surface area contributed by atoms with Crippen molar-refractivity contribution in [3.8, 4) is 0 Å². The normalized spacial score (nSPS) is 16.3. The Morgan fingerprint density at radius 2 is 0.905 bits per heavy atom. The van der Waals surface area contributed by atoms with E-state index in [1.54, 1.807) is 0 Å².